The fourth-order valence-electron chi connectivity index (χ4n) is 1.53. The van der Waals surface area contributed by atoms with Crippen LogP contribution in [-0.4, -0.2) is 10.1 Å². The smallest absolute Gasteiger partial charge is 0.181 e. The quantitative estimate of drug-likeness (QED) is 0.696. The molecule has 0 spiro atoms. The van der Waals surface area contributed by atoms with Gasteiger partial charge in [-0.1, -0.05) is 6.92 Å². The van der Waals surface area contributed by atoms with E-state index in [0.717, 1.165) is 12.8 Å². The molecule has 2 unspecified atom stereocenters. The minimum absolute atomic E-state index is 0.371. The first-order valence-corrected chi connectivity index (χ1v) is 3.88. The van der Waals surface area contributed by atoms with Crippen LogP contribution < -0.4 is 0 Å². The largest absolute Gasteiger partial charge is 0.445 e. The van der Waals surface area contributed by atoms with Crippen molar-refractivity contribution >= 4 is 0 Å². The van der Waals surface area contributed by atoms with Crippen molar-refractivity contribution in [1.82, 2.24) is 4.98 Å². The number of hydrogen-bond acceptors (Lipinski definition) is 3. The van der Waals surface area contributed by atoms with Gasteiger partial charge in [-0.05, 0) is 18.8 Å². The van der Waals surface area contributed by atoms with Crippen LogP contribution in [0, 0.1) is 5.92 Å². The molecule has 1 N–H and O–H groups in total. The second-order valence-electron chi connectivity index (χ2n) is 3.10. The molecular formula is C8H11NO2. The van der Waals surface area contributed by atoms with Gasteiger partial charge < -0.3 is 9.52 Å². The van der Waals surface area contributed by atoms with Gasteiger partial charge in [-0.25, -0.2) is 4.98 Å². The van der Waals surface area contributed by atoms with Crippen molar-refractivity contribution in [3.05, 3.63) is 18.4 Å². The zero-order chi connectivity index (χ0) is 7.90. The third-order valence-electron chi connectivity index (χ3n) is 2.42. The van der Waals surface area contributed by atoms with Crippen LogP contribution in [-0.2, 0) is 5.60 Å². The van der Waals surface area contributed by atoms with Crippen molar-refractivity contribution in [3.63, 3.8) is 0 Å². The molecule has 0 aliphatic heterocycles. The zero-order valence-electron chi connectivity index (χ0n) is 6.45. The second kappa shape index (κ2) is 2.08. The highest BCUT2D eigenvalue weighted by Crippen LogP contribution is 2.53. The van der Waals surface area contributed by atoms with Crippen molar-refractivity contribution in [2.75, 3.05) is 0 Å². The van der Waals surface area contributed by atoms with Crippen molar-refractivity contribution in [2.45, 2.75) is 25.4 Å². The predicted octanol–water partition coefficient (Wildman–Crippen LogP) is 1.29. The molecule has 1 saturated carbocycles. The molecule has 0 radical (unpaired) electrons. The molecule has 1 aromatic heterocycles. The van der Waals surface area contributed by atoms with Crippen LogP contribution >= 0.6 is 0 Å². The summed E-state index contributed by atoms with van der Waals surface area (Å²) in [6, 6.07) is 0. The van der Waals surface area contributed by atoms with Gasteiger partial charge in [0.25, 0.3) is 0 Å². The average Bonchev–Trinajstić information content (AvgIpc) is 2.55. The summed E-state index contributed by atoms with van der Waals surface area (Å²) in [5.41, 5.74) is -0.689. The fourth-order valence-corrected chi connectivity index (χ4v) is 1.53. The third kappa shape index (κ3) is 0.878. The first-order valence-electron chi connectivity index (χ1n) is 3.88. The van der Waals surface area contributed by atoms with E-state index in [0.29, 0.717) is 11.7 Å². The maximum Gasteiger partial charge on any atom is 0.181 e. The summed E-state index contributed by atoms with van der Waals surface area (Å²) in [6.07, 6.45) is 4.77. The average molecular weight is 153 g/mol. The van der Waals surface area contributed by atoms with Gasteiger partial charge in [0.15, 0.2) is 12.2 Å². The minimum Gasteiger partial charge on any atom is -0.445 e. The summed E-state index contributed by atoms with van der Waals surface area (Å²) >= 11 is 0. The first-order chi connectivity index (χ1) is 5.27. The number of aromatic nitrogens is 1. The Morgan fingerprint density at radius 2 is 2.73 bits per heavy atom. The predicted molar refractivity (Wildman–Crippen MR) is 38.8 cm³/mol. The van der Waals surface area contributed by atoms with Gasteiger partial charge >= 0.3 is 0 Å². The summed E-state index contributed by atoms with van der Waals surface area (Å²) in [7, 11) is 0. The molecule has 2 atom stereocenters. The number of hydrogen-bond donors (Lipinski definition) is 1. The van der Waals surface area contributed by atoms with Crippen LogP contribution in [0.4, 0.5) is 0 Å². The highest BCUT2D eigenvalue weighted by atomic mass is 16.4. The summed E-state index contributed by atoms with van der Waals surface area (Å²) in [5.74, 6) is 0.986. The molecule has 1 aliphatic rings. The van der Waals surface area contributed by atoms with Gasteiger partial charge in [-0.15, -0.1) is 0 Å². The molecule has 0 saturated heterocycles. The number of oxazole rings is 1. The Labute approximate surface area is 65.1 Å². The van der Waals surface area contributed by atoms with Crippen LogP contribution in [0.15, 0.2) is 17.0 Å². The van der Waals surface area contributed by atoms with E-state index in [-0.39, 0.29) is 0 Å². The zero-order valence-corrected chi connectivity index (χ0v) is 6.45. The van der Waals surface area contributed by atoms with E-state index >= 15 is 0 Å². The lowest BCUT2D eigenvalue weighted by Gasteiger charge is -2.03. The number of rotatable bonds is 2. The lowest BCUT2D eigenvalue weighted by atomic mass is 10.2. The molecule has 0 amide bonds. The Hall–Kier alpha value is -0.830. The Morgan fingerprint density at radius 3 is 3.18 bits per heavy atom. The van der Waals surface area contributed by atoms with E-state index in [4.69, 9.17) is 4.42 Å². The van der Waals surface area contributed by atoms with Crippen LogP contribution in [0.5, 0.6) is 0 Å². The van der Waals surface area contributed by atoms with E-state index in [1.165, 1.54) is 6.39 Å². The SMILES string of the molecule is CCC1CC1(O)c1cnco1. The highest BCUT2D eigenvalue weighted by Gasteiger charge is 2.55. The van der Waals surface area contributed by atoms with Crippen molar-refractivity contribution < 1.29 is 9.52 Å². The van der Waals surface area contributed by atoms with Gasteiger partial charge in [0, 0.05) is 0 Å². The standard InChI is InChI=1S/C8H11NO2/c1-2-6-3-8(6,10)7-4-9-5-11-7/h4-6,10H,2-3H2,1H3. The van der Waals surface area contributed by atoms with E-state index in [2.05, 4.69) is 11.9 Å². The number of nitrogens with zero attached hydrogens (tertiary/aromatic N) is 1. The van der Waals surface area contributed by atoms with E-state index in [9.17, 15) is 5.11 Å². The van der Waals surface area contributed by atoms with Gasteiger partial charge in [-0.2, -0.15) is 0 Å². The van der Waals surface area contributed by atoms with Gasteiger partial charge in [0.05, 0.1) is 6.20 Å². The molecule has 1 heterocycles. The minimum atomic E-state index is -0.689. The van der Waals surface area contributed by atoms with Crippen LogP contribution in [0.25, 0.3) is 0 Å². The Morgan fingerprint density at radius 1 is 1.91 bits per heavy atom. The molecule has 1 aromatic rings. The van der Waals surface area contributed by atoms with E-state index in [1.807, 2.05) is 0 Å². The molecular weight excluding hydrogens is 142 g/mol. The van der Waals surface area contributed by atoms with Crippen molar-refractivity contribution in [1.29, 1.82) is 0 Å². The fraction of sp³-hybridized carbons (Fsp3) is 0.625. The topological polar surface area (TPSA) is 46.3 Å². The summed E-state index contributed by atoms with van der Waals surface area (Å²) < 4.78 is 5.03. The third-order valence-corrected chi connectivity index (χ3v) is 2.42. The lowest BCUT2D eigenvalue weighted by molar-refractivity contribution is 0.104. The van der Waals surface area contributed by atoms with Gasteiger partial charge in [0.2, 0.25) is 0 Å². The maximum absolute atomic E-state index is 9.82. The van der Waals surface area contributed by atoms with Crippen LogP contribution in [0.2, 0.25) is 0 Å². The summed E-state index contributed by atoms with van der Waals surface area (Å²) in [4.78, 5) is 3.77. The monoisotopic (exact) mass is 153 g/mol. The molecule has 3 nitrogen and oxygen atoms in total. The van der Waals surface area contributed by atoms with Crippen molar-refractivity contribution in [2.24, 2.45) is 5.92 Å². The van der Waals surface area contributed by atoms with Gasteiger partial charge in [-0.3, -0.25) is 0 Å². The number of aliphatic hydroxyl groups is 1. The lowest BCUT2D eigenvalue weighted by Crippen LogP contribution is -2.06. The molecule has 1 aliphatic carbocycles. The molecule has 11 heavy (non-hydrogen) atoms. The summed E-state index contributed by atoms with van der Waals surface area (Å²) in [5, 5.41) is 9.82. The molecule has 1 fully saturated rings. The molecule has 3 heteroatoms. The normalized spacial score (nSPS) is 35.6. The van der Waals surface area contributed by atoms with E-state index < -0.39 is 5.60 Å². The second-order valence-corrected chi connectivity index (χ2v) is 3.10. The Bertz CT molecular complexity index is 245. The molecule has 60 valence electrons. The Kier molecular flexibility index (Phi) is 1.29. The summed E-state index contributed by atoms with van der Waals surface area (Å²) in [6.45, 7) is 2.07. The highest BCUT2D eigenvalue weighted by molar-refractivity contribution is 5.17. The Balaban J connectivity index is 2.19. The van der Waals surface area contributed by atoms with E-state index in [1.54, 1.807) is 6.20 Å². The van der Waals surface area contributed by atoms with Crippen LogP contribution in [0.3, 0.4) is 0 Å². The first kappa shape index (κ1) is 6.85. The van der Waals surface area contributed by atoms with Crippen LogP contribution in [0.1, 0.15) is 25.5 Å². The van der Waals surface area contributed by atoms with Crippen molar-refractivity contribution in [3.8, 4) is 0 Å². The van der Waals surface area contributed by atoms with Gasteiger partial charge in [0.1, 0.15) is 5.60 Å². The molecule has 0 bridgehead atoms. The molecule has 2 rings (SSSR count). The maximum atomic E-state index is 9.82. The molecule has 0 aromatic carbocycles.